The van der Waals surface area contributed by atoms with Gasteiger partial charge in [0.25, 0.3) is 5.91 Å². The van der Waals surface area contributed by atoms with E-state index in [4.69, 9.17) is 0 Å². The highest BCUT2D eigenvalue weighted by Gasteiger charge is 2.13. The Morgan fingerprint density at radius 1 is 1.08 bits per heavy atom. The molecule has 0 atom stereocenters. The van der Waals surface area contributed by atoms with Crippen molar-refractivity contribution < 1.29 is 19.2 Å². The second kappa shape index (κ2) is 9.44. The zero-order chi connectivity index (χ0) is 19.1. The van der Waals surface area contributed by atoms with E-state index >= 15 is 0 Å². The monoisotopic (exact) mass is 439 g/mol. The number of carbonyl (C=O) groups is 4. The molecule has 3 N–H and O–H groups in total. The van der Waals surface area contributed by atoms with Crippen LogP contribution in [0.4, 0.5) is 0 Å². The van der Waals surface area contributed by atoms with Gasteiger partial charge in [-0.1, -0.05) is 0 Å². The van der Waals surface area contributed by atoms with Gasteiger partial charge < -0.3 is 4.98 Å². The molecule has 26 heavy (non-hydrogen) atoms. The fourth-order valence-corrected chi connectivity index (χ4v) is 3.27. The lowest BCUT2D eigenvalue weighted by Gasteiger charge is -2.06. The Morgan fingerprint density at radius 2 is 1.81 bits per heavy atom. The van der Waals surface area contributed by atoms with E-state index in [1.54, 1.807) is 18.3 Å². The second-order valence-corrected chi connectivity index (χ2v) is 7.81. The lowest BCUT2D eigenvalue weighted by atomic mass is 10.1. The van der Waals surface area contributed by atoms with Gasteiger partial charge in [0.05, 0.1) is 4.88 Å². The van der Waals surface area contributed by atoms with E-state index in [0.717, 1.165) is 4.88 Å². The van der Waals surface area contributed by atoms with Crippen molar-refractivity contribution in [2.75, 3.05) is 0 Å². The molecule has 0 saturated carbocycles. The molecule has 0 spiro atoms. The van der Waals surface area contributed by atoms with Crippen LogP contribution < -0.4 is 10.9 Å². The van der Waals surface area contributed by atoms with E-state index < -0.39 is 11.8 Å². The quantitative estimate of drug-likeness (QED) is 0.433. The molecule has 0 unspecified atom stereocenters. The van der Waals surface area contributed by atoms with Crippen molar-refractivity contribution in [2.24, 2.45) is 0 Å². The Hall–Kier alpha value is -2.26. The van der Waals surface area contributed by atoms with E-state index in [1.165, 1.54) is 11.3 Å². The minimum absolute atomic E-state index is 0.0203. The molecule has 0 fully saturated rings. The lowest BCUT2D eigenvalue weighted by molar-refractivity contribution is -0.125. The first-order valence-electron chi connectivity index (χ1n) is 7.89. The van der Waals surface area contributed by atoms with Crippen molar-refractivity contribution >= 4 is 50.6 Å². The van der Waals surface area contributed by atoms with Crippen LogP contribution in [0.2, 0.25) is 0 Å². The van der Waals surface area contributed by atoms with Gasteiger partial charge in [-0.2, -0.15) is 0 Å². The van der Waals surface area contributed by atoms with Crippen LogP contribution in [0.25, 0.3) is 0 Å². The van der Waals surface area contributed by atoms with Gasteiger partial charge in [0, 0.05) is 41.2 Å². The lowest BCUT2D eigenvalue weighted by Crippen LogP contribution is -2.41. The Morgan fingerprint density at radius 3 is 2.42 bits per heavy atom. The summed E-state index contributed by atoms with van der Waals surface area (Å²) in [5.74, 6) is -1.20. The molecule has 7 nitrogen and oxygen atoms in total. The van der Waals surface area contributed by atoms with Crippen LogP contribution in [0.1, 0.15) is 50.7 Å². The van der Waals surface area contributed by atoms with E-state index in [0.29, 0.717) is 9.35 Å². The highest BCUT2D eigenvalue weighted by atomic mass is 79.9. The third-order valence-corrected chi connectivity index (χ3v) is 4.98. The number of H-pyrrole nitrogens is 1. The third-order valence-electron chi connectivity index (χ3n) is 3.48. The van der Waals surface area contributed by atoms with Crippen molar-refractivity contribution in [2.45, 2.75) is 32.6 Å². The number of nitrogens with one attached hydrogen (secondary N) is 3. The second-order valence-electron chi connectivity index (χ2n) is 5.61. The molecule has 9 heteroatoms. The third kappa shape index (κ3) is 6.23. The van der Waals surface area contributed by atoms with Gasteiger partial charge in [0.15, 0.2) is 5.78 Å². The van der Waals surface area contributed by atoms with E-state index in [-0.39, 0.29) is 42.9 Å². The summed E-state index contributed by atoms with van der Waals surface area (Å²) in [5, 5.41) is 0. The highest BCUT2D eigenvalue weighted by molar-refractivity contribution is 9.10. The average molecular weight is 440 g/mol. The Bertz CT molecular complexity index is 759. The van der Waals surface area contributed by atoms with Crippen LogP contribution in [0.3, 0.4) is 0 Å². The summed E-state index contributed by atoms with van der Waals surface area (Å²) in [4.78, 5) is 51.6. The molecule has 0 bridgehead atoms. The number of hydrogen-bond acceptors (Lipinski definition) is 5. The molecule has 2 heterocycles. The van der Waals surface area contributed by atoms with Gasteiger partial charge in [0.2, 0.25) is 5.91 Å². The van der Waals surface area contributed by atoms with Crippen LogP contribution in [0, 0.1) is 6.92 Å². The number of rotatable bonds is 8. The van der Waals surface area contributed by atoms with Crippen molar-refractivity contribution in [3.8, 4) is 0 Å². The molecule has 0 radical (unpaired) electrons. The average Bonchev–Trinajstić information content (AvgIpc) is 3.24. The topological polar surface area (TPSA) is 108 Å². The molecule has 0 aliphatic heterocycles. The van der Waals surface area contributed by atoms with Gasteiger partial charge in [0.1, 0.15) is 11.5 Å². The highest BCUT2D eigenvalue weighted by Crippen LogP contribution is 2.17. The number of aromatic amines is 1. The standard InChI is InChI=1S/C17H18BrN3O4S/c1-10-2-6-15(26-10)14(23)5-3-12(22)4-7-16(24)20-21-17(25)13-8-11(18)9-19-13/h2,6,8-9,19H,3-5,7H2,1H3,(H,20,24)(H,21,25). The number of hydrazine groups is 1. The minimum Gasteiger partial charge on any atom is -0.356 e. The summed E-state index contributed by atoms with van der Waals surface area (Å²) < 4.78 is 0.715. The smallest absolute Gasteiger partial charge is 0.286 e. The predicted molar refractivity (Wildman–Crippen MR) is 101 cm³/mol. The molecular weight excluding hydrogens is 422 g/mol. The van der Waals surface area contributed by atoms with Gasteiger partial charge in [-0.15, -0.1) is 11.3 Å². The number of amides is 2. The number of ketones is 2. The number of hydrogen-bond donors (Lipinski definition) is 3. The number of aromatic nitrogens is 1. The SMILES string of the molecule is Cc1ccc(C(=O)CCC(=O)CCC(=O)NNC(=O)c2cc(Br)c[nH]2)s1. The number of thiophene rings is 1. The predicted octanol–water partition coefficient (Wildman–Crippen LogP) is 2.92. The Balaban J connectivity index is 1.64. The molecule has 0 aliphatic carbocycles. The molecule has 2 amide bonds. The number of carbonyl (C=O) groups excluding carboxylic acids is 4. The van der Waals surface area contributed by atoms with Gasteiger partial charge >= 0.3 is 0 Å². The van der Waals surface area contributed by atoms with E-state index in [2.05, 4.69) is 31.8 Å². The van der Waals surface area contributed by atoms with Gasteiger partial charge in [-0.25, -0.2) is 0 Å². The normalized spacial score (nSPS) is 10.4. The molecule has 0 saturated heterocycles. The first kappa shape index (κ1) is 20.1. The molecule has 2 rings (SSSR count). The van der Waals surface area contributed by atoms with Crippen LogP contribution in [0.5, 0.6) is 0 Å². The summed E-state index contributed by atoms with van der Waals surface area (Å²) in [6.45, 7) is 1.92. The molecule has 0 aliphatic rings. The summed E-state index contributed by atoms with van der Waals surface area (Å²) in [5.41, 5.74) is 4.79. The fraction of sp³-hybridized carbons (Fsp3) is 0.294. The summed E-state index contributed by atoms with van der Waals surface area (Å²) in [6, 6.07) is 5.19. The first-order valence-corrected chi connectivity index (χ1v) is 9.50. The first-order chi connectivity index (χ1) is 12.3. The minimum atomic E-state index is -0.493. The molecular formula is C17H18BrN3O4S. The van der Waals surface area contributed by atoms with Crippen molar-refractivity contribution in [3.63, 3.8) is 0 Å². The van der Waals surface area contributed by atoms with Crippen LogP contribution in [-0.2, 0) is 9.59 Å². The molecule has 138 valence electrons. The van der Waals surface area contributed by atoms with Gasteiger partial charge in [-0.05, 0) is 41.1 Å². The summed E-state index contributed by atoms with van der Waals surface area (Å²) in [6.07, 6.45) is 1.80. The molecule has 2 aromatic heterocycles. The molecule has 2 aromatic rings. The largest absolute Gasteiger partial charge is 0.356 e. The Labute approximate surface area is 162 Å². The maximum atomic E-state index is 11.9. The fourth-order valence-electron chi connectivity index (χ4n) is 2.09. The van der Waals surface area contributed by atoms with Crippen LogP contribution in [0.15, 0.2) is 28.9 Å². The number of halogens is 1. The summed E-state index contributed by atoms with van der Waals surface area (Å²) in [7, 11) is 0. The van der Waals surface area contributed by atoms with Crippen LogP contribution in [-0.4, -0.2) is 28.4 Å². The maximum Gasteiger partial charge on any atom is 0.286 e. The van der Waals surface area contributed by atoms with Gasteiger partial charge in [-0.3, -0.25) is 30.0 Å². The van der Waals surface area contributed by atoms with Crippen molar-refractivity contribution in [3.05, 3.63) is 44.3 Å². The molecule has 0 aromatic carbocycles. The maximum absolute atomic E-state index is 11.9. The number of aryl methyl sites for hydroxylation is 1. The van der Waals surface area contributed by atoms with Crippen molar-refractivity contribution in [1.82, 2.24) is 15.8 Å². The summed E-state index contributed by atoms with van der Waals surface area (Å²) >= 11 is 4.61. The van der Waals surface area contributed by atoms with E-state index in [9.17, 15) is 19.2 Å². The Kier molecular flexibility index (Phi) is 7.28. The zero-order valence-corrected chi connectivity index (χ0v) is 16.5. The zero-order valence-electron chi connectivity index (χ0n) is 14.1. The number of Topliss-reactive ketones (excluding diaryl/α,β-unsaturated/α-hetero) is 2. The van der Waals surface area contributed by atoms with Crippen LogP contribution >= 0.6 is 27.3 Å². The van der Waals surface area contributed by atoms with Crippen molar-refractivity contribution in [1.29, 1.82) is 0 Å². The van der Waals surface area contributed by atoms with E-state index in [1.807, 2.05) is 13.0 Å².